The first-order valence-corrected chi connectivity index (χ1v) is 7.78. The number of aromatic nitrogens is 2. The standard InChI is InChI=1S/C14H15ClN2O.C2H6/c15-14-11-7-4-8-16-13(11)12(9-17-14)18-10-5-2-1-3-6-10;1-2/h4,7-10H,1-3,5-6H2;1-2H3. The average Bonchev–Trinajstić information content (AvgIpc) is 2.53. The van der Waals surface area contributed by atoms with E-state index in [1.165, 1.54) is 19.3 Å². The average molecular weight is 293 g/mol. The van der Waals surface area contributed by atoms with Crippen LogP contribution in [0.25, 0.3) is 10.9 Å². The van der Waals surface area contributed by atoms with Gasteiger partial charge in [0.15, 0.2) is 5.75 Å². The zero-order valence-corrected chi connectivity index (χ0v) is 12.9. The molecule has 0 N–H and O–H groups in total. The molecular formula is C16H21ClN2O. The van der Waals surface area contributed by atoms with Gasteiger partial charge in [-0.2, -0.15) is 0 Å². The van der Waals surface area contributed by atoms with Gasteiger partial charge in [0.2, 0.25) is 0 Å². The van der Waals surface area contributed by atoms with Crippen LogP contribution in [0.3, 0.4) is 0 Å². The van der Waals surface area contributed by atoms with E-state index in [1.807, 2.05) is 26.0 Å². The van der Waals surface area contributed by atoms with Crippen molar-refractivity contribution in [1.29, 1.82) is 0 Å². The van der Waals surface area contributed by atoms with E-state index < -0.39 is 0 Å². The number of ether oxygens (including phenoxy) is 1. The molecule has 0 amide bonds. The van der Waals surface area contributed by atoms with Crippen LogP contribution in [0.4, 0.5) is 0 Å². The number of halogens is 1. The molecule has 0 spiro atoms. The van der Waals surface area contributed by atoms with Crippen molar-refractivity contribution in [2.24, 2.45) is 0 Å². The van der Waals surface area contributed by atoms with E-state index in [4.69, 9.17) is 16.3 Å². The molecular weight excluding hydrogens is 272 g/mol. The Labute approximate surface area is 125 Å². The summed E-state index contributed by atoms with van der Waals surface area (Å²) in [5.74, 6) is 0.752. The van der Waals surface area contributed by atoms with Crippen molar-refractivity contribution in [1.82, 2.24) is 9.97 Å². The summed E-state index contributed by atoms with van der Waals surface area (Å²) in [7, 11) is 0. The molecule has 1 saturated carbocycles. The molecule has 1 aliphatic rings. The molecule has 2 heterocycles. The summed E-state index contributed by atoms with van der Waals surface area (Å²) in [6.07, 6.45) is 9.80. The minimum atomic E-state index is 0.298. The van der Waals surface area contributed by atoms with Gasteiger partial charge in [0.1, 0.15) is 10.7 Å². The quantitative estimate of drug-likeness (QED) is 0.729. The summed E-state index contributed by atoms with van der Waals surface area (Å²) < 4.78 is 6.04. The van der Waals surface area contributed by atoms with Gasteiger partial charge in [-0.25, -0.2) is 4.98 Å². The molecule has 4 heteroatoms. The SMILES string of the molecule is CC.Clc1ncc(OC2CCCCC2)c2ncccc12. The second-order valence-electron chi connectivity index (χ2n) is 4.69. The van der Waals surface area contributed by atoms with Gasteiger partial charge in [-0.15, -0.1) is 0 Å². The predicted octanol–water partition coefficient (Wildman–Crippen LogP) is 5.02. The first-order chi connectivity index (χ1) is 9.84. The molecule has 0 atom stereocenters. The summed E-state index contributed by atoms with van der Waals surface area (Å²) in [6.45, 7) is 4.00. The van der Waals surface area contributed by atoms with Crippen LogP contribution in [-0.4, -0.2) is 16.1 Å². The molecule has 2 aromatic heterocycles. The molecule has 0 aliphatic heterocycles. The van der Waals surface area contributed by atoms with E-state index in [2.05, 4.69) is 9.97 Å². The maximum atomic E-state index is 6.07. The number of fused-ring (bicyclic) bond motifs is 1. The summed E-state index contributed by atoms with van der Waals surface area (Å²) in [6, 6.07) is 3.78. The van der Waals surface area contributed by atoms with E-state index in [1.54, 1.807) is 12.4 Å². The number of pyridine rings is 2. The van der Waals surface area contributed by atoms with Crippen molar-refractivity contribution in [3.63, 3.8) is 0 Å². The van der Waals surface area contributed by atoms with Crippen molar-refractivity contribution < 1.29 is 4.74 Å². The molecule has 0 unspecified atom stereocenters. The van der Waals surface area contributed by atoms with Crippen LogP contribution < -0.4 is 4.74 Å². The minimum absolute atomic E-state index is 0.298. The summed E-state index contributed by atoms with van der Waals surface area (Å²) in [4.78, 5) is 8.53. The van der Waals surface area contributed by atoms with Gasteiger partial charge >= 0.3 is 0 Å². The largest absolute Gasteiger partial charge is 0.487 e. The van der Waals surface area contributed by atoms with Gasteiger partial charge in [0.05, 0.1) is 12.3 Å². The van der Waals surface area contributed by atoms with Gasteiger partial charge in [-0.05, 0) is 37.8 Å². The van der Waals surface area contributed by atoms with Crippen molar-refractivity contribution >= 4 is 22.5 Å². The maximum absolute atomic E-state index is 6.07. The highest BCUT2D eigenvalue weighted by molar-refractivity contribution is 6.34. The van der Waals surface area contributed by atoms with Crippen molar-refractivity contribution in [3.05, 3.63) is 29.7 Å². The highest BCUT2D eigenvalue weighted by Crippen LogP contribution is 2.30. The first kappa shape index (κ1) is 15.0. The lowest BCUT2D eigenvalue weighted by Crippen LogP contribution is -2.19. The molecule has 3 nitrogen and oxygen atoms in total. The van der Waals surface area contributed by atoms with Crippen molar-refractivity contribution in [3.8, 4) is 5.75 Å². The van der Waals surface area contributed by atoms with Crippen molar-refractivity contribution in [2.45, 2.75) is 52.1 Å². The molecule has 1 aliphatic carbocycles. The Morgan fingerprint density at radius 1 is 1.15 bits per heavy atom. The third kappa shape index (κ3) is 3.40. The van der Waals surface area contributed by atoms with E-state index in [0.29, 0.717) is 11.3 Å². The zero-order chi connectivity index (χ0) is 14.4. The maximum Gasteiger partial charge on any atom is 0.164 e. The van der Waals surface area contributed by atoms with E-state index in [0.717, 1.165) is 29.5 Å². The van der Waals surface area contributed by atoms with Crippen LogP contribution >= 0.6 is 11.6 Å². The second kappa shape index (κ2) is 7.44. The Bertz CT molecular complexity index is 553. The fourth-order valence-electron chi connectivity index (χ4n) is 2.46. The number of rotatable bonds is 2. The van der Waals surface area contributed by atoms with Crippen LogP contribution in [-0.2, 0) is 0 Å². The molecule has 0 aromatic carbocycles. The molecule has 20 heavy (non-hydrogen) atoms. The highest BCUT2D eigenvalue weighted by Gasteiger charge is 2.17. The van der Waals surface area contributed by atoms with E-state index in [9.17, 15) is 0 Å². The minimum Gasteiger partial charge on any atom is -0.487 e. The normalized spacial score (nSPS) is 15.6. The van der Waals surface area contributed by atoms with Crippen molar-refractivity contribution in [2.75, 3.05) is 0 Å². The smallest absolute Gasteiger partial charge is 0.164 e. The summed E-state index contributed by atoms with van der Waals surface area (Å²) >= 11 is 6.07. The number of nitrogens with zero attached hydrogens (tertiary/aromatic N) is 2. The molecule has 2 aromatic rings. The number of hydrogen-bond acceptors (Lipinski definition) is 3. The van der Waals surface area contributed by atoms with Gasteiger partial charge in [0.25, 0.3) is 0 Å². The Hall–Kier alpha value is -1.35. The van der Waals surface area contributed by atoms with Crippen LogP contribution in [0.5, 0.6) is 5.75 Å². The lowest BCUT2D eigenvalue weighted by atomic mass is 9.98. The summed E-state index contributed by atoms with van der Waals surface area (Å²) in [5, 5.41) is 1.33. The molecule has 108 valence electrons. The van der Waals surface area contributed by atoms with Crippen LogP contribution in [0, 0.1) is 0 Å². The van der Waals surface area contributed by atoms with Crippen LogP contribution in [0.2, 0.25) is 5.15 Å². The molecule has 3 rings (SSSR count). The molecule has 0 radical (unpaired) electrons. The van der Waals surface area contributed by atoms with Crippen LogP contribution in [0.15, 0.2) is 24.5 Å². The third-order valence-electron chi connectivity index (χ3n) is 3.40. The lowest BCUT2D eigenvalue weighted by Gasteiger charge is -2.23. The fraction of sp³-hybridized carbons (Fsp3) is 0.500. The topological polar surface area (TPSA) is 35.0 Å². The van der Waals surface area contributed by atoms with Gasteiger partial charge in [0, 0.05) is 11.6 Å². The zero-order valence-electron chi connectivity index (χ0n) is 12.1. The first-order valence-electron chi connectivity index (χ1n) is 7.40. The van der Waals surface area contributed by atoms with Gasteiger partial charge < -0.3 is 4.74 Å². The van der Waals surface area contributed by atoms with Gasteiger partial charge in [-0.1, -0.05) is 31.9 Å². The third-order valence-corrected chi connectivity index (χ3v) is 3.71. The fourth-order valence-corrected chi connectivity index (χ4v) is 2.66. The molecule has 1 fully saturated rings. The Morgan fingerprint density at radius 3 is 2.65 bits per heavy atom. The lowest BCUT2D eigenvalue weighted by molar-refractivity contribution is 0.156. The highest BCUT2D eigenvalue weighted by atomic mass is 35.5. The number of hydrogen-bond donors (Lipinski definition) is 0. The Balaban J connectivity index is 0.000000704. The Morgan fingerprint density at radius 2 is 1.90 bits per heavy atom. The van der Waals surface area contributed by atoms with E-state index >= 15 is 0 Å². The Kier molecular flexibility index (Phi) is 5.60. The predicted molar refractivity (Wildman–Crippen MR) is 83.4 cm³/mol. The molecule has 0 bridgehead atoms. The van der Waals surface area contributed by atoms with E-state index in [-0.39, 0.29) is 0 Å². The summed E-state index contributed by atoms with van der Waals surface area (Å²) in [5.41, 5.74) is 0.808. The van der Waals surface area contributed by atoms with Crippen LogP contribution in [0.1, 0.15) is 46.0 Å². The van der Waals surface area contributed by atoms with Gasteiger partial charge in [-0.3, -0.25) is 4.98 Å². The monoisotopic (exact) mass is 292 g/mol. The molecule has 0 saturated heterocycles. The second-order valence-corrected chi connectivity index (χ2v) is 5.05.